The summed E-state index contributed by atoms with van der Waals surface area (Å²) in [5.41, 5.74) is 0. The quantitative estimate of drug-likeness (QED) is 0.730. The predicted octanol–water partition coefficient (Wildman–Crippen LogP) is 2.86. The van der Waals surface area contributed by atoms with Crippen molar-refractivity contribution >= 4 is 11.8 Å². The van der Waals surface area contributed by atoms with E-state index in [9.17, 15) is 9.59 Å². The molecule has 0 aromatic carbocycles. The van der Waals surface area contributed by atoms with Gasteiger partial charge in [0, 0.05) is 19.1 Å². The molecule has 116 valence electrons. The summed E-state index contributed by atoms with van der Waals surface area (Å²) >= 11 is 0. The van der Waals surface area contributed by atoms with Crippen molar-refractivity contribution in [2.75, 3.05) is 13.1 Å². The highest BCUT2D eigenvalue weighted by atomic mass is 16.2. The minimum atomic E-state index is -0.399. The number of unbranched alkanes of at least 4 members (excludes halogenated alkanes) is 2. The molecule has 1 N–H and O–H groups in total. The van der Waals surface area contributed by atoms with E-state index < -0.39 is 5.91 Å². The maximum absolute atomic E-state index is 12.2. The van der Waals surface area contributed by atoms with Crippen molar-refractivity contribution in [1.29, 1.82) is 0 Å². The maximum Gasteiger partial charge on any atom is 0.311 e. The Hall–Kier alpha value is -1.06. The Bertz CT molecular complexity index is 291. The van der Waals surface area contributed by atoms with Crippen LogP contribution in [-0.2, 0) is 9.59 Å². The Morgan fingerprint density at radius 1 is 1.00 bits per heavy atom. The number of carbonyl (C=O) groups excluding carboxylic acids is 2. The lowest BCUT2D eigenvalue weighted by molar-refractivity contribution is -0.146. The van der Waals surface area contributed by atoms with Crippen molar-refractivity contribution in [2.45, 2.75) is 77.7 Å². The van der Waals surface area contributed by atoms with Crippen LogP contribution < -0.4 is 5.32 Å². The lowest BCUT2D eigenvalue weighted by Crippen LogP contribution is -2.47. The summed E-state index contributed by atoms with van der Waals surface area (Å²) in [4.78, 5) is 26.0. The molecule has 20 heavy (non-hydrogen) atoms. The number of rotatable bonds is 7. The standard InChI is InChI=1S/C16H30N2O2/c1-3-5-12-18(13-6-4-2)16(20)15(19)17-14-10-8-7-9-11-14/h14H,3-13H2,1-2H3,(H,17,19). The highest BCUT2D eigenvalue weighted by Gasteiger charge is 2.24. The number of hydrogen-bond donors (Lipinski definition) is 1. The molecule has 0 bridgehead atoms. The second-order valence-corrected chi connectivity index (χ2v) is 5.81. The lowest BCUT2D eigenvalue weighted by Gasteiger charge is -2.25. The van der Waals surface area contributed by atoms with Gasteiger partial charge in [0.15, 0.2) is 0 Å². The molecule has 0 atom stereocenters. The van der Waals surface area contributed by atoms with Crippen LogP contribution in [0.1, 0.15) is 71.6 Å². The largest absolute Gasteiger partial charge is 0.345 e. The molecule has 1 saturated carbocycles. The summed E-state index contributed by atoms with van der Waals surface area (Å²) < 4.78 is 0. The van der Waals surface area contributed by atoms with E-state index in [2.05, 4.69) is 19.2 Å². The zero-order valence-corrected chi connectivity index (χ0v) is 13.1. The molecule has 1 aliphatic rings. The van der Waals surface area contributed by atoms with Gasteiger partial charge in [-0.25, -0.2) is 0 Å². The molecular formula is C16H30N2O2. The molecule has 4 nitrogen and oxygen atoms in total. The second-order valence-electron chi connectivity index (χ2n) is 5.81. The third kappa shape index (κ3) is 5.93. The van der Waals surface area contributed by atoms with Gasteiger partial charge in [0.2, 0.25) is 0 Å². The van der Waals surface area contributed by atoms with Crippen LogP contribution in [0.25, 0.3) is 0 Å². The molecule has 1 fully saturated rings. The summed E-state index contributed by atoms with van der Waals surface area (Å²) in [5.74, 6) is -0.735. The van der Waals surface area contributed by atoms with Crippen LogP contribution in [0.5, 0.6) is 0 Å². The molecule has 0 aliphatic heterocycles. The topological polar surface area (TPSA) is 49.4 Å². The number of nitrogens with zero attached hydrogens (tertiary/aromatic N) is 1. The fourth-order valence-corrected chi connectivity index (χ4v) is 2.65. The van der Waals surface area contributed by atoms with Crippen molar-refractivity contribution in [3.05, 3.63) is 0 Å². The summed E-state index contributed by atoms with van der Waals surface area (Å²) in [5, 5.41) is 2.92. The first kappa shape index (κ1) is 17.0. The fourth-order valence-electron chi connectivity index (χ4n) is 2.65. The average molecular weight is 282 g/mol. The number of amides is 2. The van der Waals surface area contributed by atoms with Crippen LogP contribution in [0.4, 0.5) is 0 Å². The Balaban J connectivity index is 2.45. The molecule has 0 radical (unpaired) electrons. The average Bonchev–Trinajstić information content (AvgIpc) is 2.48. The van der Waals surface area contributed by atoms with Crippen molar-refractivity contribution in [3.63, 3.8) is 0 Å². The molecule has 0 spiro atoms. The van der Waals surface area contributed by atoms with Gasteiger partial charge in [0.1, 0.15) is 0 Å². The SMILES string of the molecule is CCCCN(CCCC)C(=O)C(=O)NC1CCCCC1. The van der Waals surface area contributed by atoms with Crippen molar-refractivity contribution in [2.24, 2.45) is 0 Å². The number of carbonyl (C=O) groups is 2. The van der Waals surface area contributed by atoms with Crippen molar-refractivity contribution in [3.8, 4) is 0 Å². The minimum Gasteiger partial charge on any atom is -0.345 e. The normalized spacial score (nSPS) is 15.9. The van der Waals surface area contributed by atoms with Crippen LogP contribution >= 0.6 is 0 Å². The Kier molecular flexibility index (Phi) is 8.31. The van der Waals surface area contributed by atoms with Crippen LogP contribution in [0.2, 0.25) is 0 Å². The summed E-state index contributed by atoms with van der Waals surface area (Å²) in [6.07, 6.45) is 9.62. The van der Waals surface area contributed by atoms with Crippen LogP contribution in [-0.4, -0.2) is 35.8 Å². The van der Waals surface area contributed by atoms with Gasteiger partial charge in [0.05, 0.1) is 0 Å². The number of nitrogens with one attached hydrogen (secondary N) is 1. The first-order valence-electron chi connectivity index (χ1n) is 8.28. The molecule has 0 aromatic heterocycles. The summed E-state index contributed by atoms with van der Waals surface area (Å²) in [6, 6.07) is 0.208. The van der Waals surface area contributed by atoms with Crippen LogP contribution in [0.15, 0.2) is 0 Å². The first-order valence-corrected chi connectivity index (χ1v) is 8.28. The van der Waals surface area contributed by atoms with E-state index in [1.165, 1.54) is 6.42 Å². The molecular weight excluding hydrogens is 252 g/mol. The Morgan fingerprint density at radius 3 is 2.05 bits per heavy atom. The van der Waals surface area contributed by atoms with E-state index in [1.54, 1.807) is 4.90 Å². The van der Waals surface area contributed by atoms with Gasteiger partial charge in [0.25, 0.3) is 0 Å². The van der Waals surface area contributed by atoms with E-state index in [1.807, 2.05) is 0 Å². The highest BCUT2D eigenvalue weighted by Crippen LogP contribution is 2.17. The first-order chi connectivity index (χ1) is 9.69. The van der Waals surface area contributed by atoms with Crippen molar-refractivity contribution < 1.29 is 9.59 Å². The van der Waals surface area contributed by atoms with E-state index in [0.717, 1.165) is 51.4 Å². The summed E-state index contributed by atoms with van der Waals surface area (Å²) in [7, 11) is 0. The zero-order valence-electron chi connectivity index (χ0n) is 13.1. The van der Waals surface area contributed by atoms with E-state index in [4.69, 9.17) is 0 Å². The smallest absolute Gasteiger partial charge is 0.311 e. The Morgan fingerprint density at radius 2 is 1.55 bits per heavy atom. The summed E-state index contributed by atoms with van der Waals surface area (Å²) in [6.45, 7) is 5.61. The molecule has 0 unspecified atom stereocenters. The minimum absolute atomic E-state index is 0.208. The van der Waals surface area contributed by atoms with Gasteiger partial charge in [-0.3, -0.25) is 9.59 Å². The monoisotopic (exact) mass is 282 g/mol. The fraction of sp³-hybridized carbons (Fsp3) is 0.875. The third-order valence-corrected chi connectivity index (χ3v) is 3.99. The third-order valence-electron chi connectivity index (χ3n) is 3.99. The predicted molar refractivity (Wildman–Crippen MR) is 81.4 cm³/mol. The van der Waals surface area contributed by atoms with Gasteiger partial charge >= 0.3 is 11.8 Å². The van der Waals surface area contributed by atoms with Gasteiger partial charge in [-0.1, -0.05) is 46.0 Å². The molecule has 2 amide bonds. The van der Waals surface area contributed by atoms with Gasteiger partial charge in [-0.2, -0.15) is 0 Å². The van der Waals surface area contributed by atoms with Crippen molar-refractivity contribution in [1.82, 2.24) is 10.2 Å². The zero-order chi connectivity index (χ0) is 14.8. The highest BCUT2D eigenvalue weighted by molar-refractivity contribution is 6.35. The lowest BCUT2D eigenvalue weighted by atomic mass is 9.95. The van der Waals surface area contributed by atoms with Gasteiger partial charge in [-0.15, -0.1) is 0 Å². The van der Waals surface area contributed by atoms with Gasteiger partial charge in [-0.05, 0) is 25.7 Å². The molecule has 1 rings (SSSR count). The molecule has 4 heteroatoms. The maximum atomic E-state index is 12.2. The Labute approximate surface area is 123 Å². The van der Waals surface area contributed by atoms with E-state index in [0.29, 0.717) is 13.1 Å². The van der Waals surface area contributed by atoms with E-state index >= 15 is 0 Å². The van der Waals surface area contributed by atoms with E-state index in [-0.39, 0.29) is 11.9 Å². The molecule has 1 aliphatic carbocycles. The molecule has 0 aromatic rings. The molecule has 0 saturated heterocycles. The number of hydrogen-bond acceptors (Lipinski definition) is 2. The van der Waals surface area contributed by atoms with Gasteiger partial charge < -0.3 is 10.2 Å². The molecule has 0 heterocycles. The van der Waals surface area contributed by atoms with Crippen LogP contribution in [0, 0.1) is 0 Å². The van der Waals surface area contributed by atoms with Crippen LogP contribution in [0.3, 0.4) is 0 Å². The second kappa shape index (κ2) is 9.78.